The highest BCUT2D eigenvalue weighted by Crippen LogP contribution is 2.20. The number of ether oxygens (including phenoxy) is 2. The van der Waals surface area contributed by atoms with Gasteiger partial charge in [0.1, 0.15) is 17.9 Å². The van der Waals surface area contributed by atoms with Crippen molar-refractivity contribution in [1.29, 1.82) is 0 Å². The van der Waals surface area contributed by atoms with Gasteiger partial charge in [-0.05, 0) is 26.0 Å². The highest BCUT2D eigenvalue weighted by Gasteiger charge is 2.13. The summed E-state index contributed by atoms with van der Waals surface area (Å²) in [5.41, 5.74) is -0.102. The summed E-state index contributed by atoms with van der Waals surface area (Å²) in [6, 6.07) is 5.76. The van der Waals surface area contributed by atoms with Crippen LogP contribution in [0.15, 0.2) is 33.5 Å². The fraction of sp³-hybridized carbons (Fsp3) is 0.333. The van der Waals surface area contributed by atoms with Crippen molar-refractivity contribution in [2.45, 2.75) is 20.0 Å². The molecule has 0 amide bonds. The van der Waals surface area contributed by atoms with E-state index in [-0.39, 0.29) is 30.0 Å². The number of fused-ring (bicyclic) bond motifs is 1. The van der Waals surface area contributed by atoms with Crippen LogP contribution in [-0.2, 0) is 4.74 Å². The molecule has 0 fully saturated rings. The molecule has 0 aliphatic heterocycles. The first-order valence-corrected chi connectivity index (χ1v) is 6.57. The lowest BCUT2D eigenvalue weighted by atomic mass is 10.2. The Morgan fingerprint density at radius 2 is 2.14 bits per heavy atom. The van der Waals surface area contributed by atoms with E-state index in [2.05, 4.69) is 0 Å². The Labute approximate surface area is 120 Å². The van der Waals surface area contributed by atoms with E-state index in [0.717, 1.165) is 6.07 Å². The molecule has 0 saturated carbocycles. The van der Waals surface area contributed by atoms with Crippen LogP contribution in [0.1, 0.15) is 24.4 Å². The smallest absolute Gasteiger partial charge is 0.374 e. The van der Waals surface area contributed by atoms with Crippen molar-refractivity contribution in [1.82, 2.24) is 0 Å². The number of carbonyl (C=O) groups is 1. The van der Waals surface area contributed by atoms with Gasteiger partial charge < -0.3 is 19.0 Å². The molecule has 6 heteroatoms. The maximum absolute atomic E-state index is 11.9. The van der Waals surface area contributed by atoms with E-state index >= 15 is 0 Å². The molecule has 1 atom stereocenters. The van der Waals surface area contributed by atoms with E-state index < -0.39 is 12.1 Å². The van der Waals surface area contributed by atoms with Gasteiger partial charge in [0.25, 0.3) is 0 Å². The first-order valence-electron chi connectivity index (χ1n) is 6.57. The lowest BCUT2D eigenvalue weighted by Gasteiger charge is -2.08. The quantitative estimate of drug-likeness (QED) is 0.845. The molecule has 1 aromatic heterocycles. The maximum Gasteiger partial charge on any atom is 0.374 e. The van der Waals surface area contributed by atoms with E-state index in [1.807, 2.05) is 0 Å². The minimum atomic E-state index is -0.688. The van der Waals surface area contributed by atoms with E-state index in [4.69, 9.17) is 13.9 Å². The van der Waals surface area contributed by atoms with Gasteiger partial charge in [0.15, 0.2) is 5.43 Å². The average molecular weight is 292 g/mol. The Bertz CT molecular complexity index is 701. The standard InChI is InChI=1S/C15H16O6/c1-3-19-15(18)14-7-12(17)11-5-4-10(6-13(11)21-14)20-8-9(2)16/h4-7,9,16H,3,8H2,1-2H3. The summed E-state index contributed by atoms with van der Waals surface area (Å²) in [6.45, 7) is 3.57. The number of benzene rings is 1. The van der Waals surface area contributed by atoms with Crippen LogP contribution in [0.2, 0.25) is 0 Å². The molecule has 0 saturated heterocycles. The second-order valence-electron chi connectivity index (χ2n) is 4.51. The summed E-state index contributed by atoms with van der Waals surface area (Å²) in [4.78, 5) is 23.6. The van der Waals surface area contributed by atoms with Crippen molar-refractivity contribution >= 4 is 16.9 Å². The predicted molar refractivity (Wildman–Crippen MR) is 75.6 cm³/mol. The number of carbonyl (C=O) groups excluding carboxylic acids is 1. The number of aliphatic hydroxyl groups is 1. The minimum Gasteiger partial charge on any atom is -0.491 e. The van der Waals surface area contributed by atoms with Gasteiger partial charge in [-0.3, -0.25) is 4.79 Å². The van der Waals surface area contributed by atoms with Crippen LogP contribution in [0.4, 0.5) is 0 Å². The van der Waals surface area contributed by atoms with Crippen LogP contribution in [0, 0.1) is 0 Å². The van der Waals surface area contributed by atoms with E-state index in [1.165, 1.54) is 6.07 Å². The van der Waals surface area contributed by atoms with E-state index in [0.29, 0.717) is 11.1 Å². The highest BCUT2D eigenvalue weighted by atomic mass is 16.5. The monoisotopic (exact) mass is 292 g/mol. The van der Waals surface area contributed by atoms with Gasteiger partial charge in [-0.1, -0.05) is 0 Å². The Morgan fingerprint density at radius 1 is 1.38 bits per heavy atom. The largest absolute Gasteiger partial charge is 0.491 e. The molecule has 21 heavy (non-hydrogen) atoms. The van der Waals surface area contributed by atoms with Crippen LogP contribution in [-0.4, -0.2) is 30.4 Å². The lowest BCUT2D eigenvalue weighted by molar-refractivity contribution is 0.0490. The number of esters is 1. The topological polar surface area (TPSA) is 86.0 Å². The third-order valence-corrected chi connectivity index (χ3v) is 2.67. The van der Waals surface area contributed by atoms with E-state index in [9.17, 15) is 14.7 Å². The van der Waals surface area contributed by atoms with Crippen molar-refractivity contribution in [2.75, 3.05) is 13.2 Å². The van der Waals surface area contributed by atoms with Crippen molar-refractivity contribution in [3.63, 3.8) is 0 Å². The van der Waals surface area contributed by atoms with Crippen LogP contribution < -0.4 is 10.2 Å². The Hall–Kier alpha value is -2.34. The van der Waals surface area contributed by atoms with Gasteiger partial charge in [0, 0.05) is 12.1 Å². The summed E-state index contributed by atoms with van der Waals surface area (Å²) < 4.78 is 15.5. The number of aliphatic hydroxyl groups excluding tert-OH is 1. The zero-order chi connectivity index (χ0) is 15.4. The normalized spacial score (nSPS) is 12.1. The highest BCUT2D eigenvalue weighted by molar-refractivity contribution is 5.89. The summed E-state index contributed by atoms with van der Waals surface area (Å²) >= 11 is 0. The van der Waals surface area contributed by atoms with Gasteiger partial charge in [0.05, 0.1) is 18.1 Å². The molecule has 1 N–H and O–H groups in total. The fourth-order valence-electron chi connectivity index (χ4n) is 1.74. The van der Waals surface area contributed by atoms with Gasteiger partial charge in [-0.25, -0.2) is 4.79 Å². The molecular formula is C15H16O6. The number of hydrogen-bond acceptors (Lipinski definition) is 6. The fourth-order valence-corrected chi connectivity index (χ4v) is 1.74. The van der Waals surface area contributed by atoms with Crippen molar-refractivity contribution in [3.8, 4) is 5.75 Å². The molecule has 1 heterocycles. The third kappa shape index (κ3) is 3.61. The molecule has 112 valence electrons. The summed E-state index contributed by atoms with van der Waals surface area (Å²) in [5.74, 6) is -0.401. The molecule has 0 spiro atoms. The first-order chi connectivity index (χ1) is 10.0. The summed E-state index contributed by atoms with van der Waals surface area (Å²) in [7, 11) is 0. The van der Waals surface area contributed by atoms with Crippen LogP contribution in [0.5, 0.6) is 5.75 Å². The third-order valence-electron chi connectivity index (χ3n) is 2.67. The van der Waals surface area contributed by atoms with Crippen LogP contribution in [0.25, 0.3) is 11.0 Å². The molecule has 1 unspecified atom stereocenters. The molecule has 1 aromatic carbocycles. The maximum atomic E-state index is 11.9. The SMILES string of the molecule is CCOC(=O)c1cc(=O)c2ccc(OCC(C)O)cc2o1. The lowest BCUT2D eigenvalue weighted by Crippen LogP contribution is -2.13. The van der Waals surface area contributed by atoms with Gasteiger partial charge in [-0.2, -0.15) is 0 Å². The minimum absolute atomic E-state index is 0.118. The molecule has 0 aliphatic rings. The molecule has 0 bridgehead atoms. The Balaban J connectivity index is 2.40. The zero-order valence-electron chi connectivity index (χ0n) is 11.8. The molecule has 0 radical (unpaired) electrons. The average Bonchev–Trinajstić information content (AvgIpc) is 2.45. The van der Waals surface area contributed by atoms with E-state index in [1.54, 1.807) is 26.0 Å². The second kappa shape index (κ2) is 6.41. The van der Waals surface area contributed by atoms with Crippen LogP contribution in [0.3, 0.4) is 0 Å². The molecular weight excluding hydrogens is 276 g/mol. The van der Waals surface area contributed by atoms with Crippen molar-refractivity contribution < 1.29 is 23.8 Å². The van der Waals surface area contributed by atoms with Crippen molar-refractivity contribution in [3.05, 3.63) is 40.2 Å². The molecule has 2 aromatic rings. The molecule has 0 aliphatic carbocycles. The summed E-state index contributed by atoms with van der Waals surface area (Å²) in [5, 5.41) is 9.53. The number of hydrogen-bond donors (Lipinski definition) is 1. The van der Waals surface area contributed by atoms with Crippen LogP contribution >= 0.6 is 0 Å². The van der Waals surface area contributed by atoms with Gasteiger partial charge >= 0.3 is 5.97 Å². The molecule has 6 nitrogen and oxygen atoms in total. The predicted octanol–water partition coefficient (Wildman–Crippen LogP) is 1.73. The van der Waals surface area contributed by atoms with Crippen molar-refractivity contribution in [2.24, 2.45) is 0 Å². The Kier molecular flexibility index (Phi) is 4.59. The number of rotatable bonds is 5. The second-order valence-corrected chi connectivity index (χ2v) is 4.51. The molecule has 2 rings (SSSR count). The Morgan fingerprint density at radius 3 is 2.81 bits per heavy atom. The zero-order valence-corrected chi connectivity index (χ0v) is 11.8. The first kappa shape index (κ1) is 15.1. The van der Waals surface area contributed by atoms with Gasteiger partial charge in [0.2, 0.25) is 5.76 Å². The van der Waals surface area contributed by atoms with Gasteiger partial charge in [-0.15, -0.1) is 0 Å². The summed E-state index contributed by atoms with van der Waals surface area (Å²) in [6.07, 6.45) is -0.612.